The third-order valence-electron chi connectivity index (χ3n) is 7.59. The van der Waals surface area contributed by atoms with Gasteiger partial charge in [-0.2, -0.15) is 0 Å². The molecule has 7 rings (SSSR count). The van der Waals surface area contributed by atoms with Crippen LogP contribution in [0.5, 0.6) is 0 Å². The average molecular weight is 496 g/mol. The molecule has 3 fully saturated rings. The van der Waals surface area contributed by atoms with Crippen molar-refractivity contribution < 1.29 is 23.9 Å². The van der Waals surface area contributed by atoms with Gasteiger partial charge in [0.05, 0.1) is 28.1 Å². The fourth-order valence-corrected chi connectivity index (χ4v) is 6.48. The molecular formula is C26H19Cl2NO5. The van der Waals surface area contributed by atoms with Crippen molar-refractivity contribution in [1.29, 1.82) is 0 Å². The molecule has 172 valence electrons. The van der Waals surface area contributed by atoms with Crippen LogP contribution in [-0.2, 0) is 14.3 Å². The Morgan fingerprint density at radius 1 is 0.912 bits per heavy atom. The molecule has 8 heteroatoms. The number of esters is 1. The molecule has 2 amide bonds. The molecule has 1 saturated heterocycles. The quantitative estimate of drug-likeness (QED) is 0.262. The normalized spacial score (nSPS) is 30.2. The summed E-state index contributed by atoms with van der Waals surface area (Å²) in [6, 6.07) is 10.6. The largest absolute Gasteiger partial charge is 0.454 e. The number of amides is 2. The molecule has 0 radical (unpaired) electrons. The molecule has 0 N–H and O–H groups in total. The maximum absolute atomic E-state index is 13.2. The van der Waals surface area contributed by atoms with Crippen LogP contribution in [0.2, 0.25) is 10.0 Å². The summed E-state index contributed by atoms with van der Waals surface area (Å²) in [7, 11) is 0. The number of allylic oxidation sites excluding steroid dienone is 2. The van der Waals surface area contributed by atoms with Crippen LogP contribution in [0.25, 0.3) is 0 Å². The topological polar surface area (TPSA) is 80.8 Å². The van der Waals surface area contributed by atoms with Crippen molar-refractivity contribution >= 4 is 52.5 Å². The molecule has 2 bridgehead atoms. The van der Waals surface area contributed by atoms with Gasteiger partial charge in [-0.15, -0.1) is 0 Å². The first-order valence-corrected chi connectivity index (χ1v) is 11.9. The minimum absolute atomic E-state index is 0.152. The molecule has 1 aliphatic heterocycles. The second-order valence-corrected chi connectivity index (χ2v) is 10.2. The van der Waals surface area contributed by atoms with Crippen LogP contribution in [-0.4, -0.2) is 30.2 Å². The summed E-state index contributed by atoms with van der Waals surface area (Å²) in [5.41, 5.74) is 0.860. The van der Waals surface area contributed by atoms with Crippen molar-refractivity contribution in [3.05, 3.63) is 75.8 Å². The minimum atomic E-state index is -0.694. The SMILES string of the molecule is O=C(OCC(=O)c1ccc(Cl)cc1Cl)c1ccc(N2C(=O)[C@H]3[C@@H]4C=C[C@@H]([C@H]5C[C@H]45)[C@@H]3C2=O)cc1. The zero-order valence-corrected chi connectivity index (χ0v) is 19.3. The smallest absolute Gasteiger partial charge is 0.338 e. The van der Waals surface area contributed by atoms with Crippen molar-refractivity contribution in [2.24, 2.45) is 35.5 Å². The van der Waals surface area contributed by atoms with E-state index in [1.807, 2.05) is 0 Å². The van der Waals surface area contributed by atoms with Crippen LogP contribution in [0.3, 0.4) is 0 Å². The van der Waals surface area contributed by atoms with Crippen LogP contribution in [0.15, 0.2) is 54.6 Å². The van der Waals surface area contributed by atoms with E-state index in [1.54, 1.807) is 12.1 Å². The zero-order valence-electron chi connectivity index (χ0n) is 17.8. The highest BCUT2D eigenvalue weighted by Gasteiger charge is 2.67. The van der Waals surface area contributed by atoms with Crippen LogP contribution in [0.4, 0.5) is 5.69 Å². The van der Waals surface area contributed by atoms with Gasteiger partial charge in [0, 0.05) is 10.6 Å². The number of nitrogens with zero attached hydrogens (tertiary/aromatic N) is 1. The van der Waals surface area contributed by atoms with E-state index >= 15 is 0 Å². The maximum atomic E-state index is 13.2. The van der Waals surface area contributed by atoms with Gasteiger partial charge in [0.1, 0.15) is 0 Å². The summed E-state index contributed by atoms with van der Waals surface area (Å²) in [6.07, 6.45) is 5.37. The Morgan fingerprint density at radius 2 is 1.53 bits per heavy atom. The molecule has 6 nitrogen and oxygen atoms in total. The molecule has 2 aromatic rings. The molecule has 2 saturated carbocycles. The number of carbonyl (C=O) groups excluding carboxylic acids is 4. The van der Waals surface area contributed by atoms with E-state index in [1.165, 1.54) is 35.2 Å². The Morgan fingerprint density at radius 3 is 2.12 bits per heavy atom. The van der Waals surface area contributed by atoms with Gasteiger partial charge in [-0.25, -0.2) is 4.79 Å². The summed E-state index contributed by atoms with van der Waals surface area (Å²) in [4.78, 5) is 52.5. The average Bonchev–Trinajstić information content (AvgIpc) is 3.61. The number of benzene rings is 2. The first-order valence-electron chi connectivity index (χ1n) is 11.2. The van der Waals surface area contributed by atoms with Gasteiger partial charge in [0.25, 0.3) is 0 Å². The van der Waals surface area contributed by atoms with E-state index in [0.717, 1.165) is 6.42 Å². The molecule has 5 aliphatic rings. The Hall–Kier alpha value is -2.96. The van der Waals surface area contributed by atoms with Gasteiger partial charge in [-0.3, -0.25) is 19.3 Å². The zero-order chi connectivity index (χ0) is 23.7. The van der Waals surface area contributed by atoms with E-state index in [-0.39, 0.29) is 51.6 Å². The Labute approximate surface area is 205 Å². The molecule has 0 unspecified atom stereocenters. The number of hydrogen-bond donors (Lipinski definition) is 0. The Bertz CT molecular complexity index is 1250. The predicted octanol–water partition coefficient (Wildman–Crippen LogP) is 4.59. The van der Waals surface area contributed by atoms with E-state index in [9.17, 15) is 19.2 Å². The van der Waals surface area contributed by atoms with E-state index in [4.69, 9.17) is 27.9 Å². The number of anilines is 1. The highest BCUT2D eigenvalue weighted by Crippen LogP contribution is 2.65. The molecule has 6 atom stereocenters. The summed E-state index contributed by atoms with van der Waals surface area (Å²) in [6.45, 7) is -0.480. The first-order chi connectivity index (χ1) is 16.3. The Kier molecular flexibility index (Phi) is 4.94. The van der Waals surface area contributed by atoms with Gasteiger partial charge in [0.15, 0.2) is 6.61 Å². The van der Waals surface area contributed by atoms with Crippen molar-refractivity contribution in [3.63, 3.8) is 0 Å². The van der Waals surface area contributed by atoms with E-state index in [2.05, 4.69) is 12.2 Å². The number of carbonyl (C=O) groups is 4. The number of Topliss-reactive ketones (excluding diaryl/α,β-unsaturated/α-hetero) is 1. The lowest BCUT2D eigenvalue weighted by atomic mass is 9.63. The lowest BCUT2D eigenvalue weighted by molar-refractivity contribution is -0.124. The minimum Gasteiger partial charge on any atom is -0.454 e. The second-order valence-electron chi connectivity index (χ2n) is 9.34. The number of rotatable bonds is 5. The fourth-order valence-electron chi connectivity index (χ4n) is 5.97. The van der Waals surface area contributed by atoms with Gasteiger partial charge in [0.2, 0.25) is 17.6 Å². The number of ketones is 1. The maximum Gasteiger partial charge on any atom is 0.338 e. The lowest BCUT2D eigenvalue weighted by Gasteiger charge is -2.37. The van der Waals surface area contributed by atoms with Crippen LogP contribution in [0.1, 0.15) is 27.1 Å². The Balaban J connectivity index is 1.14. The van der Waals surface area contributed by atoms with Crippen LogP contribution >= 0.6 is 23.2 Å². The fraction of sp³-hybridized carbons (Fsp3) is 0.308. The summed E-state index contributed by atoms with van der Waals surface area (Å²) < 4.78 is 5.13. The molecule has 1 heterocycles. The van der Waals surface area contributed by atoms with E-state index in [0.29, 0.717) is 22.5 Å². The molecule has 4 aliphatic carbocycles. The van der Waals surface area contributed by atoms with Crippen LogP contribution in [0, 0.1) is 35.5 Å². The van der Waals surface area contributed by atoms with Crippen molar-refractivity contribution in [1.82, 2.24) is 0 Å². The highest BCUT2D eigenvalue weighted by molar-refractivity contribution is 6.36. The van der Waals surface area contributed by atoms with Gasteiger partial charge >= 0.3 is 5.97 Å². The summed E-state index contributed by atoms with van der Waals surface area (Å²) in [5, 5.41) is 0.577. The number of imide groups is 1. The third-order valence-corrected chi connectivity index (χ3v) is 8.14. The summed E-state index contributed by atoms with van der Waals surface area (Å²) in [5.74, 6) is -0.621. The standard InChI is InChI=1S/C26H19Cl2NO5/c27-13-3-6-17(20(28)9-13)21(30)11-34-26(33)12-1-4-14(5-2-12)29-24(31)22-15-7-8-16(19-10-18(15)19)23(22)25(29)32/h1-9,15-16,18-19,22-23H,10-11H2/t15-,16+,18-,19-,22+,23+/m1/s1. The van der Waals surface area contributed by atoms with Crippen molar-refractivity contribution in [2.75, 3.05) is 11.5 Å². The van der Waals surface area contributed by atoms with Crippen molar-refractivity contribution in [3.8, 4) is 0 Å². The molecule has 0 spiro atoms. The molecule has 0 aromatic heterocycles. The van der Waals surface area contributed by atoms with Gasteiger partial charge in [-0.1, -0.05) is 35.4 Å². The third kappa shape index (κ3) is 3.23. The van der Waals surface area contributed by atoms with E-state index < -0.39 is 18.4 Å². The molecule has 34 heavy (non-hydrogen) atoms. The van der Waals surface area contributed by atoms with Crippen LogP contribution < -0.4 is 4.90 Å². The van der Waals surface area contributed by atoms with Gasteiger partial charge < -0.3 is 4.74 Å². The monoisotopic (exact) mass is 495 g/mol. The first kappa shape index (κ1) is 21.6. The number of halogens is 2. The molecule has 2 aromatic carbocycles. The second kappa shape index (κ2) is 7.79. The summed E-state index contributed by atoms with van der Waals surface area (Å²) >= 11 is 11.9. The van der Waals surface area contributed by atoms with Gasteiger partial charge in [-0.05, 0) is 72.6 Å². The highest BCUT2D eigenvalue weighted by atomic mass is 35.5. The van der Waals surface area contributed by atoms with Crippen molar-refractivity contribution in [2.45, 2.75) is 6.42 Å². The lowest BCUT2D eigenvalue weighted by Crippen LogP contribution is -2.40. The molecular weight excluding hydrogens is 477 g/mol. The number of hydrogen-bond acceptors (Lipinski definition) is 5. The predicted molar refractivity (Wildman–Crippen MR) is 125 cm³/mol. The number of ether oxygens (including phenoxy) is 1.